The standard InChI is InChI=1S/C4H8FNO4S/c1-3-10-4(9-2)6-11(5,7)8/h3H2,1-2H3. The summed E-state index contributed by atoms with van der Waals surface area (Å²) in [6.45, 7) is 1.74. The van der Waals surface area contributed by atoms with Crippen LogP contribution in [0.1, 0.15) is 6.92 Å². The van der Waals surface area contributed by atoms with Gasteiger partial charge < -0.3 is 9.47 Å². The molecule has 0 aromatic heterocycles. The first-order valence-corrected chi connectivity index (χ1v) is 4.05. The second kappa shape index (κ2) is 4.12. The van der Waals surface area contributed by atoms with Gasteiger partial charge in [0.15, 0.2) is 0 Å². The van der Waals surface area contributed by atoms with Crippen LogP contribution in [0.4, 0.5) is 3.89 Å². The first-order chi connectivity index (χ1) is 4.99. The van der Waals surface area contributed by atoms with Gasteiger partial charge in [-0.2, -0.15) is 8.42 Å². The van der Waals surface area contributed by atoms with Gasteiger partial charge in [-0.25, -0.2) is 0 Å². The molecule has 0 unspecified atom stereocenters. The van der Waals surface area contributed by atoms with Crippen molar-refractivity contribution >= 4 is 16.5 Å². The Morgan fingerprint density at radius 3 is 2.45 bits per heavy atom. The van der Waals surface area contributed by atoms with Crippen LogP contribution in [0.15, 0.2) is 4.40 Å². The van der Waals surface area contributed by atoms with Crippen molar-refractivity contribution in [3.8, 4) is 0 Å². The lowest BCUT2D eigenvalue weighted by molar-refractivity contribution is 0.209. The molecule has 0 atom stereocenters. The fourth-order valence-electron chi connectivity index (χ4n) is 0.335. The highest BCUT2D eigenvalue weighted by Crippen LogP contribution is 1.95. The van der Waals surface area contributed by atoms with Gasteiger partial charge in [-0.3, -0.25) is 0 Å². The van der Waals surface area contributed by atoms with E-state index in [9.17, 15) is 12.3 Å². The van der Waals surface area contributed by atoms with E-state index in [1.54, 1.807) is 6.92 Å². The summed E-state index contributed by atoms with van der Waals surface area (Å²) in [6, 6.07) is 0. The minimum absolute atomic E-state index is 0.155. The quantitative estimate of drug-likeness (QED) is 0.351. The van der Waals surface area contributed by atoms with Crippen LogP contribution in [-0.4, -0.2) is 28.2 Å². The molecule has 0 aliphatic rings. The number of hydrogen-bond acceptors (Lipinski definition) is 4. The van der Waals surface area contributed by atoms with Gasteiger partial charge in [0, 0.05) is 0 Å². The Morgan fingerprint density at radius 2 is 2.18 bits per heavy atom. The number of nitrogens with zero attached hydrogens (tertiary/aromatic N) is 1. The number of halogens is 1. The Bertz CT molecular complexity index is 234. The monoisotopic (exact) mass is 185 g/mol. The molecular formula is C4H8FNO4S. The molecule has 0 amide bonds. The minimum Gasteiger partial charge on any atom is -0.453 e. The molecule has 0 radical (unpaired) electrons. The molecule has 0 saturated carbocycles. The lowest BCUT2D eigenvalue weighted by Gasteiger charge is -2.01. The highest BCUT2D eigenvalue weighted by molar-refractivity contribution is 7.85. The molecule has 5 nitrogen and oxygen atoms in total. The zero-order valence-electron chi connectivity index (χ0n) is 6.07. The maximum atomic E-state index is 11.8. The molecule has 0 fully saturated rings. The van der Waals surface area contributed by atoms with Gasteiger partial charge in [0.2, 0.25) is 0 Å². The van der Waals surface area contributed by atoms with E-state index in [1.165, 1.54) is 0 Å². The third-order valence-electron chi connectivity index (χ3n) is 0.626. The van der Waals surface area contributed by atoms with E-state index < -0.39 is 16.5 Å². The van der Waals surface area contributed by atoms with E-state index in [-0.39, 0.29) is 6.61 Å². The molecule has 0 aromatic carbocycles. The lowest BCUT2D eigenvalue weighted by Crippen LogP contribution is -2.08. The van der Waals surface area contributed by atoms with Crippen LogP contribution in [0.3, 0.4) is 0 Å². The van der Waals surface area contributed by atoms with E-state index in [0.29, 0.717) is 0 Å². The van der Waals surface area contributed by atoms with Crippen LogP contribution in [0.25, 0.3) is 0 Å². The van der Waals surface area contributed by atoms with Crippen molar-refractivity contribution in [3.05, 3.63) is 0 Å². The highest BCUT2D eigenvalue weighted by atomic mass is 32.3. The van der Waals surface area contributed by atoms with E-state index in [4.69, 9.17) is 0 Å². The molecule has 0 aliphatic heterocycles. The molecule has 0 rings (SSSR count). The van der Waals surface area contributed by atoms with Gasteiger partial charge in [0.25, 0.3) is 0 Å². The van der Waals surface area contributed by atoms with Crippen molar-refractivity contribution in [2.75, 3.05) is 13.7 Å². The van der Waals surface area contributed by atoms with Gasteiger partial charge in [0.05, 0.1) is 13.7 Å². The Balaban J connectivity index is 4.36. The number of ether oxygens (including phenoxy) is 2. The Morgan fingerprint density at radius 1 is 1.64 bits per heavy atom. The summed E-state index contributed by atoms with van der Waals surface area (Å²) in [5, 5.41) is 0. The Hall–Kier alpha value is -0.850. The normalized spacial score (nSPS) is 12.8. The summed E-state index contributed by atoms with van der Waals surface area (Å²) in [5.74, 6) is 0. The molecule has 66 valence electrons. The second-order valence-corrected chi connectivity index (χ2v) is 2.41. The predicted molar refractivity (Wildman–Crippen MR) is 36.1 cm³/mol. The van der Waals surface area contributed by atoms with Gasteiger partial charge in [-0.1, -0.05) is 8.28 Å². The molecule has 0 N–H and O–H groups in total. The van der Waals surface area contributed by atoms with Crippen LogP contribution in [0, 0.1) is 0 Å². The zero-order chi connectivity index (χ0) is 8.91. The van der Waals surface area contributed by atoms with Gasteiger partial charge in [-0.15, -0.1) is 0 Å². The SMILES string of the molecule is CCOC(=NS(=O)(=O)F)OC. The summed E-state index contributed by atoms with van der Waals surface area (Å²) >= 11 is 0. The maximum Gasteiger partial charge on any atom is 0.423 e. The Labute approximate surface area is 64.2 Å². The summed E-state index contributed by atoms with van der Waals surface area (Å²) in [7, 11) is -3.79. The summed E-state index contributed by atoms with van der Waals surface area (Å²) in [4.78, 5) is 0. The maximum absolute atomic E-state index is 11.8. The molecule has 0 bridgehead atoms. The first kappa shape index (κ1) is 10.2. The largest absolute Gasteiger partial charge is 0.453 e. The Kier molecular flexibility index (Phi) is 3.80. The third kappa shape index (κ3) is 5.59. The van der Waals surface area contributed by atoms with E-state index in [2.05, 4.69) is 13.9 Å². The highest BCUT2D eigenvalue weighted by Gasteiger charge is 2.08. The smallest absolute Gasteiger partial charge is 0.423 e. The van der Waals surface area contributed by atoms with Crippen LogP contribution >= 0.6 is 0 Å². The van der Waals surface area contributed by atoms with Crippen molar-refractivity contribution in [2.45, 2.75) is 6.92 Å². The van der Waals surface area contributed by atoms with Crippen LogP contribution in [0.2, 0.25) is 0 Å². The fourth-order valence-corrected chi connectivity index (χ4v) is 0.640. The molecule has 0 aliphatic carbocycles. The van der Waals surface area contributed by atoms with E-state index in [0.717, 1.165) is 7.11 Å². The van der Waals surface area contributed by atoms with Crippen molar-refractivity contribution in [1.82, 2.24) is 0 Å². The van der Waals surface area contributed by atoms with Crippen molar-refractivity contribution < 1.29 is 21.8 Å². The summed E-state index contributed by atoms with van der Waals surface area (Å²) in [5.41, 5.74) is 0. The van der Waals surface area contributed by atoms with Crippen molar-refractivity contribution in [3.63, 3.8) is 0 Å². The molecule has 0 heterocycles. The molecule has 11 heavy (non-hydrogen) atoms. The number of hydrogen-bond donors (Lipinski definition) is 0. The molecule has 7 heteroatoms. The van der Waals surface area contributed by atoms with Crippen LogP contribution < -0.4 is 0 Å². The molecular weight excluding hydrogens is 177 g/mol. The second-order valence-electron chi connectivity index (χ2n) is 1.41. The van der Waals surface area contributed by atoms with Crippen molar-refractivity contribution in [1.29, 1.82) is 0 Å². The van der Waals surface area contributed by atoms with E-state index >= 15 is 0 Å². The molecule has 0 saturated heterocycles. The average Bonchev–Trinajstić information content (AvgIpc) is 1.84. The molecule has 0 spiro atoms. The first-order valence-electron chi connectivity index (χ1n) is 2.71. The van der Waals surface area contributed by atoms with Gasteiger partial charge in [0.1, 0.15) is 0 Å². The van der Waals surface area contributed by atoms with Crippen molar-refractivity contribution in [2.24, 2.45) is 4.40 Å². The summed E-state index contributed by atoms with van der Waals surface area (Å²) < 4.78 is 42.7. The minimum atomic E-state index is -4.92. The van der Waals surface area contributed by atoms with Crippen LogP contribution in [-0.2, 0) is 19.9 Å². The number of methoxy groups -OCH3 is 1. The van der Waals surface area contributed by atoms with E-state index in [1.807, 2.05) is 0 Å². The third-order valence-corrected chi connectivity index (χ3v) is 0.993. The van der Waals surface area contributed by atoms with Gasteiger partial charge >= 0.3 is 16.5 Å². The lowest BCUT2D eigenvalue weighted by atomic mass is 10.9. The predicted octanol–water partition coefficient (Wildman–Crippen LogP) is 0.240. The van der Waals surface area contributed by atoms with Crippen LogP contribution in [0.5, 0.6) is 0 Å². The average molecular weight is 185 g/mol. The number of rotatable bonds is 2. The zero-order valence-corrected chi connectivity index (χ0v) is 6.89. The topological polar surface area (TPSA) is 65.0 Å². The van der Waals surface area contributed by atoms with Gasteiger partial charge in [-0.05, 0) is 6.92 Å². The fraction of sp³-hybridized carbons (Fsp3) is 0.750. The molecule has 0 aromatic rings. The summed E-state index contributed by atoms with van der Waals surface area (Å²) in [6.07, 6.45) is -0.602.